The van der Waals surface area contributed by atoms with Crippen molar-refractivity contribution in [3.05, 3.63) is 64.7 Å². The normalized spacial score (nSPS) is 17.9. The van der Waals surface area contributed by atoms with Gasteiger partial charge >= 0.3 is 0 Å². The second kappa shape index (κ2) is 5.98. The fraction of sp³-hybridized carbons (Fsp3) is 0.333. The van der Waals surface area contributed by atoms with Crippen LogP contribution in [-0.2, 0) is 15.8 Å². The summed E-state index contributed by atoms with van der Waals surface area (Å²) in [7, 11) is -3.49. The van der Waals surface area contributed by atoms with Gasteiger partial charge in [-0.15, -0.1) is 0 Å². The number of anilines is 1. The first-order valence-corrected chi connectivity index (χ1v) is 9.33. The van der Waals surface area contributed by atoms with E-state index >= 15 is 0 Å². The van der Waals surface area contributed by atoms with E-state index in [0.29, 0.717) is 24.2 Å². The average molecular weight is 331 g/mol. The molecule has 0 aromatic heterocycles. The van der Waals surface area contributed by atoms with Gasteiger partial charge in [0.15, 0.2) is 0 Å². The number of hydrogen-bond donors (Lipinski definition) is 1. The smallest absolute Gasteiger partial charge is 0.239 e. The van der Waals surface area contributed by atoms with Crippen LogP contribution in [0.1, 0.15) is 34.8 Å². The first kappa shape index (κ1) is 16.0. The minimum absolute atomic E-state index is 0.0247. The molecule has 0 aliphatic carbocycles. The van der Waals surface area contributed by atoms with E-state index in [1.54, 1.807) is 6.07 Å². The highest BCUT2D eigenvalue weighted by molar-refractivity contribution is 7.92. The van der Waals surface area contributed by atoms with E-state index in [1.165, 1.54) is 4.31 Å². The Bertz CT molecular complexity index is 830. The molecule has 0 spiro atoms. The molecular formula is C18H21NO3S. The van der Waals surface area contributed by atoms with Gasteiger partial charge in [0.2, 0.25) is 10.0 Å². The molecule has 1 N–H and O–H groups in total. The molecular weight excluding hydrogens is 310 g/mol. The van der Waals surface area contributed by atoms with E-state index < -0.39 is 16.1 Å². The lowest BCUT2D eigenvalue weighted by atomic mass is 9.99. The molecule has 0 fully saturated rings. The van der Waals surface area contributed by atoms with Crippen molar-refractivity contribution in [2.75, 3.05) is 10.8 Å². The summed E-state index contributed by atoms with van der Waals surface area (Å²) in [6.45, 7) is 4.17. The lowest BCUT2D eigenvalue weighted by molar-refractivity contribution is 0.166. The minimum atomic E-state index is -3.49. The van der Waals surface area contributed by atoms with E-state index in [2.05, 4.69) is 0 Å². The lowest BCUT2D eigenvalue weighted by Gasteiger charge is -2.33. The zero-order valence-corrected chi connectivity index (χ0v) is 14.2. The van der Waals surface area contributed by atoms with Crippen molar-refractivity contribution in [2.24, 2.45) is 0 Å². The lowest BCUT2D eigenvalue weighted by Crippen LogP contribution is -2.37. The highest BCUT2D eigenvalue weighted by Gasteiger charge is 2.31. The van der Waals surface area contributed by atoms with Crippen molar-refractivity contribution in [1.29, 1.82) is 0 Å². The predicted molar refractivity (Wildman–Crippen MR) is 91.9 cm³/mol. The monoisotopic (exact) mass is 331 g/mol. The van der Waals surface area contributed by atoms with Gasteiger partial charge in [-0.2, -0.15) is 0 Å². The minimum Gasteiger partial charge on any atom is -0.388 e. The molecule has 4 nitrogen and oxygen atoms in total. The Balaban J connectivity index is 1.99. The molecule has 0 saturated carbocycles. The van der Waals surface area contributed by atoms with Gasteiger partial charge in [-0.3, -0.25) is 4.31 Å². The molecule has 0 radical (unpaired) electrons. The molecule has 1 aliphatic rings. The second-order valence-electron chi connectivity index (χ2n) is 6.12. The van der Waals surface area contributed by atoms with Crippen molar-refractivity contribution in [3.8, 4) is 0 Å². The van der Waals surface area contributed by atoms with Crippen LogP contribution in [0.5, 0.6) is 0 Å². The van der Waals surface area contributed by atoms with Crippen LogP contribution >= 0.6 is 0 Å². The number of benzene rings is 2. The Labute approximate surface area is 137 Å². The van der Waals surface area contributed by atoms with Crippen molar-refractivity contribution < 1.29 is 13.5 Å². The molecule has 1 aliphatic heterocycles. The van der Waals surface area contributed by atoms with Gasteiger partial charge in [-0.25, -0.2) is 8.42 Å². The van der Waals surface area contributed by atoms with Gasteiger partial charge in [0.25, 0.3) is 0 Å². The number of hydrogen-bond acceptors (Lipinski definition) is 3. The maximum atomic E-state index is 12.9. The summed E-state index contributed by atoms with van der Waals surface area (Å²) in [6, 6.07) is 13.1. The Hall–Kier alpha value is -1.85. The topological polar surface area (TPSA) is 57.6 Å². The number of aryl methyl sites for hydroxylation is 2. The molecule has 2 aromatic rings. The SMILES string of the molecule is Cc1ccc2c(c1)C(O)CCN2S(=O)(=O)Cc1ccccc1C. The average Bonchev–Trinajstić information content (AvgIpc) is 2.50. The molecule has 122 valence electrons. The second-order valence-corrected chi connectivity index (χ2v) is 8.01. The molecule has 0 amide bonds. The largest absolute Gasteiger partial charge is 0.388 e. The molecule has 23 heavy (non-hydrogen) atoms. The summed E-state index contributed by atoms with van der Waals surface area (Å²) < 4.78 is 27.3. The van der Waals surface area contributed by atoms with Gasteiger partial charge < -0.3 is 5.11 Å². The van der Waals surface area contributed by atoms with E-state index in [9.17, 15) is 13.5 Å². The highest BCUT2D eigenvalue weighted by atomic mass is 32.2. The van der Waals surface area contributed by atoms with Crippen LogP contribution < -0.4 is 4.31 Å². The van der Waals surface area contributed by atoms with E-state index in [1.807, 2.05) is 50.2 Å². The Morgan fingerprint density at radius 1 is 1.17 bits per heavy atom. The zero-order chi connectivity index (χ0) is 16.6. The predicted octanol–water partition coefficient (Wildman–Crippen LogP) is 3.08. The van der Waals surface area contributed by atoms with Gasteiger partial charge in [-0.05, 0) is 37.5 Å². The maximum absolute atomic E-state index is 12.9. The summed E-state index contributed by atoms with van der Waals surface area (Å²) >= 11 is 0. The third-order valence-corrected chi connectivity index (χ3v) is 6.08. The molecule has 5 heteroatoms. The van der Waals surface area contributed by atoms with E-state index in [4.69, 9.17) is 0 Å². The van der Waals surface area contributed by atoms with Crippen LogP contribution in [0, 0.1) is 13.8 Å². The fourth-order valence-corrected chi connectivity index (χ4v) is 4.74. The Morgan fingerprint density at radius 2 is 1.91 bits per heavy atom. The van der Waals surface area contributed by atoms with Crippen LogP contribution in [0.3, 0.4) is 0 Å². The third-order valence-electron chi connectivity index (χ3n) is 4.35. The molecule has 1 unspecified atom stereocenters. The molecule has 0 bridgehead atoms. The van der Waals surface area contributed by atoms with E-state index in [0.717, 1.165) is 16.7 Å². The van der Waals surface area contributed by atoms with Gasteiger partial charge in [0, 0.05) is 12.1 Å². The van der Waals surface area contributed by atoms with Crippen molar-refractivity contribution in [3.63, 3.8) is 0 Å². The summed E-state index contributed by atoms with van der Waals surface area (Å²) in [6.07, 6.45) is -0.182. The molecule has 0 saturated heterocycles. The van der Waals surface area contributed by atoms with Gasteiger partial charge in [0.05, 0.1) is 17.5 Å². The Morgan fingerprint density at radius 3 is 2.65 bits per heavy atom. The maximum Gasteiger partial charge on any atom is 0.239 e. The number of sulfonamides is 1. The fourth-order valence-electron chi connectivity index (χ4n) is 3.02. The highest BCUT2D eigenvalue weighted by Crippen LogP contribution is 2.36. The number of fused-ring (bicyclic) bond motifs is 1. The number of aliphatic hydroxyl groups is 1. The standard InChI is InChI=1S/C18H21NO3S/c1-13-7-8-17-16(11-13)18(20)9-10-19(17)23(21,22)12-15-6-4-3-5-14(15)2/h3-8,11,18,20H,9-10,12H2,1-2H3. The number of nitrogens with zero attached hydrogens (tertiary/aromatic N) is 1. The van der Waals surface area contributed by atoms with Crippen LogP contribution in [0.2, 0.25) is 0 Å². The molecule has 2 aromatic carbocycles. The molecule has 3 rings (SSSR count). The molecule has 1 atom stereocenters. The van der Waals surface area contributed by atoms with Crippen LogP contribution in [0.25, 0.3) is 0 Å². The summed E-state index contributed by atoms with van der Waals surface area (Å²) in [5.41, 5.74) is 4.10. The summed E-state index contributed by atoms with van der Waals surface area (Å²) in [5, 5.41) is 10.2. The zero-order valence-electron chi connectivity index (χ0n) is 13.4. The van der Waals surface area contributed by atoms with Crippen molar-refractivity contribution in [1.82, 2.24) is 0 Å². The van der Waals surface area contributed by atoms with Gasteiger partial charge in [-0.1, -0.05) is 42.0 Å². The van der Waals surface area contributed by atoms with Crippen LogP contribution in [0.4, 0.5) is 5.69 Å². The third kappa shape index (κ3) is 3.12. The van der Waals surface area contributed by atoms with E-state index in [-0.39, 0.29) is 5.75 Å². The summed E-state index contributed by atoms with van der Waals surface area (Å²) in [5.74, 6) is -0.0247. The van der Waals surface area contributed by atoms with Gasteiger partial charge in [0.1, 0.15) is 0 Å². The van der Waals surface area contributed by atoms with Crippen LogP contribution in [-0.4, -0.2) is 20.1 Å². The number of rotatable bonds is 3. The van der Waals surface area contributed by atoms with Crippen molar-refractivity contribution >= 4 is 15.7 Å². The van der Waals surface area contributed by atoms with Crippen LogP contribution in [0.15, 0.2) is 42.5 Å². The Kier molecular flexibility index (Phi) is 4.17. The first-order chi connectivity index (χ1) is 10.9. The molecule has 1 heterocycles. The van der Waals surface area contributed by atoms with Crippen molar-refractivity contribution in [2.45, 2.75) is 32.1 Å². The summed E-state index contributed by atoms with van der Waals surface area (Å²) in [4.78, 5) is 0. The quantitative estimate of drug-likeness (QED) is 0.940. The first-order valence-electron chi connectivity index (χ1n) is 7.72. The number of aliphatic hydroxyl groups excluding tert-OH is 1.